The molecule has 0 spiro atoms. The lowest BCUT2D eigenvalue weighted by Gasteiger charge is -2.38. The summed E-state index contributed by atoms with van der Waals surface area (Å²) in [6, 6.07) is 18.2. The highest BCUT2D eigenvalue weighted by Gasteiger charge is 2.37. The van der Waals surface area contributed by atoms with Crippen molar-refractivity contribution in [1.29, 1.82) is 0 Å². The van der Waals surface area contributed by atoms with Gasteiger partial charge in [-0.25, -0.2) is 0 Å². The lowest BCUT2D eigenvalue weighted by atomic mass is 9.73. The maximum absolute atomic E-state index is 7.13. The molecule has 0 radical (unpaired) electrons. The van der Waals surface area contributed by atoms with Crippen molar-refractivity contribution in [2.75, 3.05) is 0 Å². The molecule has 2 heteroatoms. The van der Waals surface area contributed by atoms with E-state index in [0.717, 1.165) is 31.4 Å². The van der Waals surface area contributed by atoms with E-state index in [0.29, 0.717) is 23.8 Å². The van der Waals surface area contributed by atoms with Crippen molar-refractivity contribution >= 4 is 0 Å². The molecule has 0 bridgehead atoms. The zero-order valence-corrected chi connectivity index (χ0v) is 20.6. The summed E-state index contributed by atoms with van der Waals surface area (Å²) < 4.78 is 7.13. The minimum absolute atomic E-state index is 0.113. The zero-order chi connectivity index (χ0) is 23.0. The number of hydrogen-bond donors (Lipinski definition) is 1. The fraction of sp³-hybridized carbons (Fsp3) is 0.548. The Bertz CT molecular complexity index is 890. The van der Waals surface area contributed by atoms with Crippen LogP contribution >= 0.6 is 0 Å². The van der Waals surface area contributed by atoms with Crippen LogP contribution < -0.4 is 10.5 Å². The van der Waals surface area contributed by atoms with E-state index < -0.39 is 0 Å². The Morgan fingerprint density at radius 2 is 1.85 bits per heavy atom. The van der Waals surface area contributed by atoms with Gasteiger partial charge in [0.1, 0.15) is 11.9 Å². The van der Waals surface area contributed by atoms with Crippen molar-refractivity contribution in [2.45, 2.75) is 95.6 Å². The third kappa shape index (κ3) is 5.90. The molecular weight excluding hydrogens is 402 g/mol. The molecule has 5 atom stereocenters. The zero-order valence-electron chi connectivity index (χ0n) is 20.6. The van der Waals surface area contributed by atoms with E-state index >= 15 is 0 Å². The average Bonchev–Trinajstić information content (AvgIpc) is 3.02. The number of para-hydroxylation sites is 1. The summed E-state index contributed by atoms with van der Waals surface area (Å²) in [5, 5.41) is 0. The molecule has 0 saturated heterocycles. The molecule has 33 heavy (non-hydrogen) atoms. The van der Waals surface area contributed by atoms with Crippen LogP contribution in [0.2, 0.25) is 0 Å². The molecule has 0 amide bonds. The van der Waals surface area contributed by atoms with Crippen LogP contribution in [0.1, 0.15) is 99.8 Å². The van der Waals surface area contributed by atoms with Gasteiger partial charge in [0.05, 0.1) is 0 Å². The van der Waals surface area contributed by atoms with Gasteiger partial charge < -0.3 is 10.5 Å². The van der Waals surface area contributed by atoms with Gasteiger partial charge in [-0.15, -0.1) is 6.58 Å². The quantitative estimate of drug-likeness (QED) is 0.312. The first-order valence-electron chi connectivity index (χ1n) is 13.4. The number of benzene rings is 2. The second-order valence-electron chi connectivity index (χ2n) is 10.4. The number of fused-ring (bicyclic) bond motifs is 1. The smallest absolute Gasteiger partial charge is 0.127 e. The Morgan fingerprint density at radius 3 is 2.67 bits per heavy atom. The van der Waals surface area contributed by atoms with Crippen LogP contribution in [-0.4, -0.2) is 6.04 Å². The minimum atomic E-state index is 0.113. The number of allylic oxidation sites excluding steroid dienone is 1. The Labute approximate surface area is 201 Å². The standard InChI is InChI=1S/C31H43NO/c1-3-5-13-23(12-4-2)27-18-8-9-21-30(27)33-31-28-19-7-6-14-24(28)15-11-20-29(31)25-16-10-17-26(32)22-25/h3,6-9,14,18-19,21,23,25-26,29,31H,1,4-5,10-13,15-17,20,22,32H2,2H3/t23?,25?,26?,29-,31+/m1/s1. The first-order chi connectivity index (χ1) is 16.2. The fourth-order valence-electron chi connectivity index (χ4n) is 6.42. The largest absolute Gasteiger partial charge is 0.485 e. The van der Waals surface area contributed by atoms with E-state index in [1.807, 2.05) is 0 Å². The van der Waals surface area contributed by atoms with Crippen molar-refractivity contribution < 1.29 is 4.74 Å². The summed E-state index contributed by atoms with van der Waals surface area (Å²) in [5.41, 5.74) is 10.7. The summed E-state index contributed by atoms with van der Waals surface area (Å²) >= 11 is 0. The third-order valence-electron chi connectivity index (χ3n) is 8.06. The van der Waals surface area contributed by atoms with Gasteiger partial charge in [0.15, 0.2) is 0 Å². The Balaban J connectivity index is 1.69. The van der Waals surface area contributed by atoms with Crippen LogP contribution in [0.3, 0.4) is 0 Å². The highest BCUT2D eigenvalue weighted by molar-refractivity contribution is 5.39. The summed E-state index contributed by atoms with van der Waals surface area (Å²) in [7, 11) is 0. The second-order valence-corrected chi connectivity index (χ2v) is 10.4. The third-order valence-corrected chi connectivity index (χ3v) is 8.06. The van der Waals surface area contributed by atoms with Crippen LogP contribution in [0.4, 0.5) is 0 Å². The van der Waals surface area contributed by atoms with E-state index in [4.69, 9.17) is 10.5 Å². The van der Waals surface area contributed by atoms with E-state index in [-0.39, 0.29) is 6.10 Å². The van der Waals surface area contributed by atoms with E-state index in [2.05, 4.69) is 68.1 Å². The van der Waals surface area contributed by atoms with Crippen LogP contribution in [0.5, 0.6) is 5.75 Å². The molecule has 0 heterocycles. The van der Waals surface area contributed by atoms with Gasteiger partial charge >= 0.3 is 0 Å². The monoisotopic (exact) mass is 445 g/mol. The van der Waals surface area contributed by atoms with Crippen LogP contribution in [0, 0.1) is 11.8 Å². The lowest BCUT2D eigenvalue weighted by molar-refractivity contribution is 0.0689. The molecule has 178 valence electrons. The Hall–Kier alpha value is -2.06. The van der Waals surface area contributed by atoms with Crippen LogP contribution in [0.25, 0.3) is 0 Å². The molecule has 2 aliphatic carbocycles. The molecule has 2 aromatic carbocycles. The van der Waals surface area contributed by atoms with Gasteiger partial charge in [0.25, 0.3) is 0 Å². The van der Waals surface area contributed by atoms with Gasteiger partial charge in [-0.1, -0.05) is 68.3 Å². The molecular formula is C31H43NO. The van der Waals surface area contributed by atoms with Crippen molar-refractivity contribution in [1.82, 2.24) is 0 Å². The van der Waals surface area contributed by atoms with Crippen molar-refractivity contribution in [3.63, 3.8) is 0 Å². The predicted molar refractivity (Wildman–Crippen MR) is 140 cm³/mol. The van der Waals surface area contributed by atoms with E-state index in [1.54, 1.807) is 0 Å². The van der Waals surface area contributed by atoms with Crippen LogP contribution in [0.15, 0.2) is 61.2 Å². The molecule has 3 unspecified atom stereocenters. The predicted octanol–water partition coefficient (Wildman–Crippen LogP) is 8.13. The molecule has 1 fully saturated rings. The number of ether oxygens (including phenoxy) is 1. The summed E-state index contributed by atoms with van der Waals surface area (Å²) in [6.45, 7) is 6.25. The topological polar surface area (TPSA) is 35.2 Å². The number of nitrogens with two attached hydrogens (primary N) is 1. The molecule has 0 aliphatic heterocycles. The normalized spacial score (nSPS) is 26.1. The number of hydrogen-bond acceptors (Lipinski definition) is 2. The van der Waals surface area contributed by atoms with Gasteiger partial charge in [0.2, 0.25) is 0 Å². The Morgan fingerprint density at radius 1 is 1.03 bits per heavy atom. The van der Waals surface area contributed by atoms with Gasteiger partial charge in [0, 0.05) is 12.0 Å². The molecule has 2 aromatic rings. The van der Waals surface area contributed by atoms with Crippen molar-refractivity contribution in [2.24, 2.45) is 17.6 Å². The molecule has 0 aromatic heterocycles. The van der Waals surface area contributed by atoms with Crippen LogP contribution in [-0.2, 0) is 6.42 Å². The van der Waals surface area contributed by atoms with Crippen molar-refractivity contribution in [3.05, 3.63) is 77.9 Å². The van der Waals surface area contributed by atoms with Gasteiger partial charge in [-0.3, -0.25) is 0 Å². The molecule has 2 aliphatic rings. The average molecular weight is 446 g/mol. The Kier molecular flexibility index (Phi) is 8.67. The first-order valence-corrected chi connectivity index (χ1v) is 13.4. The maximum Gasteiger partial charge on any atom is 0.127 e. The number of aryl methyl sites for hydroxylation is 1. The highest BCUT2D eigenvalue weighted by Crippen LogP contribution is 2.46. The SMILES string of the molecule is C=CCCC(CCC)c1ccccc1O[C@H]1c2ccccc2CCC[C@@H]1C1CCCC(N)C1. The second kappa shape index (κ2) is 11.9. The van der Waals surface area contributed by atoms with Gasteiger partial charge in [-0.2, -0.15) is 0 Å². The minimum Gasteiger partial charge on any atom is -0.485 e. The number of rotatable bonds is 9. The van der Waals surface area contributed by atoms with E-state index in [9.17, 15) is 0 Å². The first kappa shape index (κ1) is 24.1. The summed E-state index contributed by atoms with van der Waals surface area (Å²) in [6.07, 6.45) is 15.2. The molecule has 2 N–H and O–H groups in total. The molecule has 4 rings (SSSR count). The van der Waals surface area contributed by atoms with Crippen molar-refractivity contribution in [3.8, 4) is 5.75 Å². The maximum atomic E-state index is 7.13. The fourth-order valence-corrected chi connectivity index (χ4v) is 6.42. The summed E-state index contributed by atoms with van der Waals surface area (Å²) in [4.78, 5) is 0. The lowest BCUT2D eigenvalue weighted by Crippen LogP contribution is -2.34. The van der Waals surface area contributed by atoms with Gasteiger partial charge in [-0.05, 0) is 92.4 Å². The highest BCUT2D eigenvalue weighted by atomic mass is 16.5. The molecule has 1 saturated carbocycles. The van der Waals surface area contributed by atoms with E-state index in [1.165, 1.54) is 61.6 Å². The summed E-state index contributed by atoms with van der Waals surface area (Å²) in [5.74, 6) is 2.80. The molecule has 2 nitrogen and oxygen atoms in total.